The zero-order valence-corrected chi connectivity index (χ0v) is 26.9. The molecule has 0 radical (unpaired) electrons. The van der Waals surface area contributed by atoms with E-state index < -0.39 is 0 Å². The van der Waals surface area contributed by atoms with Crippen molar-refractivity contribution in [2.45, 2.75) is 45.1 Å². The van der Waals surface area contributed by atoms with Gasteiger partial charge in [-0.05, 0) is 106 Å². The first-order valence-corrected chi connectivity index (χ1v) is 16.5. The summed E-state index contributed by atoms with van der Waals surface area (Å²) >= 11 is 13.8. The predicted molar refractivity (Wildman–Crippen MR) is 181 cm³/mol. The number of piperidine rings is 1. The number of aromatic nitrogens is 3. The van der Waals surface area contributed by atoms with Gasteiger partial charge in [-0.25, -0.2) is 4.98 Å². The van der Waals surface area contributed by atoms with Gasteiger partial charge in [0.2, 0.25) is 5.95 Å². The van der Waals surface area contributed by atoms with Crippen LogP contribution in [0.5, 0.6) is 0 Å². The van der Waals surface area contributed by atoms with E-state index >= 15 is 0 Å². The fourth-order valence-electron chi connectivity index (χ4n) is 6.77. The van der Waals surface area contributed by atoms with Gasteiger partial charge in [0.25, 0.3) is 5.56 Å². The van der Waals surface area contributed by atoms with Crippen molar-refractivity contribution in [3.05, 3.63) is 74.1 Å². The van der Waals surface area contributed by atoms with Crippen LogP contribution in [0.15, 0.2) is 47.4 Å². The molecule has 10 heteroatoms. The highest BCUT2D eigenvalue weighted by atomic mass is 35.5. The lowest BCUT2D eigenvalue weighted by atomic mass is 9.89. The van der Waals surface area contributed by atoms with Gasteiger partial charge in [0, 0.05) is 67.8 Å². The topological polar surface area (TPSA) is 78.3 Å². The Balaban J connectivity index is 1.23. The molecule has 7 rings (SSSR count). The van der Waals surface area contributed by atoms with Crippen molar-refractivity contribution in [3.8, 4) is 11.1 Å². The summed E-state index contributed by atoms with van der Waals surface area (Å²) in [4.78, 5) is 28.4. The molecule has 3 fully saturated rings. The third kappa shape index (κ3) is 6.05. The van der Waals surface area contributed by atoms with Crippen molar-refractivity contribution >= 4 is 51.6 Å². The van der Waals surface area contributed by atoms with Crippen LogP contribution in [-0.4, -0.2) is 65.8 Å². The van der Waals surface area contributed by atoms with E-state index in [1.54, 1.807) is 10.8 Å². The lowest BCUT2D eigenvalue weighted by Crippen LogP contribution is -2.43. The van der Waals surface area contributed by atoms with Gasteiger partial charge in [0.1, 0.15) is 5.65 Å². The average Bonchev–Trinajstić information content (AvgIpc) is 3.84. The van der Waals surface area contributed by atoms with Crippen LogP contribution < -0.4 is 21.1 Å². The molecule has 2 saturated heterocycles. The molecular formula is C34H39Cl2N7O. The molecule has 3 aliphatic rings. The van der Waals surface area contributed by atoms with Gasteiger partial charge < -0.3 is 20.4 Å². The van der Waals surface area contributed by atoms with Gasteiger partial charge in [-0.15, -0.1) is 0 Å². The van der Waals surface area contributed by atoms with Crippen molar-refractivity contribution in [2.75, 3.05) is 56.5 Å². The van der Waals surface area contributed by atoms with Crippen LogP contribution >= 0.6 is 23.2 Å². The molecule has 2 aromatic heterocycles. The molecular weight excluding hydrogens is 593 g/mol. The van der Waals surface area contributed by atoms with Crippen molar-refractivity contribution in [2.24, 2.45) is 5.92 Å². The summed E-state index contributed by atoms with van der Waals surface area (Å²) in [6.07, 6.45) is 6.26. The van der Waals surface area contributed by atoms with Crippen molar-refractivity contribution < 1.29 is 0 Å². The Morgan fingerprint density at radius 2 is 1.80 bits per heavy atom. The van der Waals surface area contributed by atoms with Crippen molar-refractivity contribution in [1.29, 1.82) is 0 Å². The molecule has 0 amide bonds. The summed E-state index contributed by atoms with van der Waals surface area (Å²) in [7, 11) is 2.15. The fraction of sp³-hybridized carbons (Fsp3) is 0.441. The number of aryl methyl sites for hydroxylation is 1. The molecule has 0 bridgehead atoms. The van der Waals surface area contributed by atoms with Gasteiger partial charge in [0.05, 0.1) is 15.6 Å². The summed E-state index contributed by atoms with van der Waals surface area (Å²) in [6.45, 7) is 8.82. The second-order valence-electron chi connectivity index (χ2n) is 12.7. The van der Waals surface area contributed by atoms with Gasteiger partial charge in [-0.1, -0.05) is 23.2 Å². The maximum absolute atomic E-state index is 14.1. The molecule has 4 heterocycles. The molecule has 1 unspecified atom stereocenters. The first-order valence-electron chi connectivity index (χ1n) is 15.8. The van der Waals surface area contributed by atoms with Crippen molar-refractivity contribution in [3.63, 3.8) is 0 Å². The van der Waals surface area contributed by atoms with Crippen molar-refractivity contribution in [1.82, 2.24) is 24.8 Å². The Kier molecular flexibility index (Phi) is 8.27. The first kappa shape index (κ1) is 29.5. The maximum atomic E-state index is 14.1. The standard InChI is InChI=1S/C34H39Cl2N7O/c1-21-14-26(7-8-30(21)42-12-9-37-10-13-42)39-34-38-18-25-15-27(33(44)43(32(25)40-34)19-22-5-6-22)31-28(35)16-24(17-29(31)36)23-4-3-11-41(2)20-23/h7-8,14-18,22-23,37H,3-6,9-13,19-20H2,1-2H3,(H,38,39,40). The molecule has 4 aromatic rings. The number of pyridine rings is 1. The van der Waals surface area contributed by atoms with E-state index in [1.807, 2.05) is 18.2 Å². The minimum atomic E-state index is -0.126. The van der Waals surface area contributed by atoms with E-state index in [-0.39, 0.29) is 5.56 Å². The first-order chi connectivity index (χ1) is 21.3. The molecule has 44 heavy (non-hydrogen) atoms. The van der Waals surface area contributed by atoms with Gasteiger partial charge >= 0.3 is 0 Å². The van der Waals surface area contributed by atoms with Crippen LogP contribution in [0.2, 0.25) is 10.0 Å². The number of anilines is 3. The summed E-state index contributed by atoms with van der Waals surface area (Å²) in [5, 5.41) is 8.58. The average molecular weight is 633 g/mol. The zero-order valence-electron chi connectivity index (χ0n) is 25.4. The number of likely N-dealkylation sites (tertiary alicyclic amines) is 1. The summed E-state index contributed by atoms with van der Waals surface area (Å²) in [5.41, 5.74) is 6.05. The number of nitrogens with one attached hydrogen (secondary N) is 2. The van der Waals surface area contributed by atoms with Crippen LogP contribution in [0.3, 0.4) is 0 Å². The SMILES string of the molecule is Cc1cc(Nc2ncc3cc(-c4c(Cl)cc(C5CCCN(C)C5)cc4Cl)c(=O)n(CC4CC4)c3n2)ccc1N1CCNCC1. The van der Waals surface area contributed by atoms with E-state index in [2.05, 4.69) is 57.6 Å². The fourth-order valence-corrected chi connectivity index (χ4v) is 7.48. The number of rotatable bonds is 7. The molecule has 230 valence electrons. The number of hydrogen-bond donors (Lipinski definition) is 2. The second-order valence-corrected chi connectivity index (χ2v) is 13.5. The zero-order chi connectivity index (χ0) is 30.4. The second kappa shape index (κ2) is 12.3. The van der Waals surface area contributed by atoms with Gasteiger partial charge in [-0.3, -0.25) is 9.36 Å². The molecule has 2 aliphatic heterocycles. The predicted octanol–water partition coefficient (Wildman–Crippen LogP) is 6.45. The molecule has 0 spiro atoms. The van der Waals surface area contributed by atoms with Gasteiger partial charge in [-0.2, -0.15) is 4.98 Å². The Hall–Kier alpha value is -3.17. The minimum Gasteiger partial charge on any atom is -0.369 e. The number of piperazine rings is 1. The molecule has 2 aromatic carbocycles. The quantitative estimate of drug-likeness (QED) is 0.243. The van der Waals surface area contributed by atoms with E-state index in [0.717, 1.165) is 81.6 Å². The van der Waals surface area contributed by atoms with Crippen LogP contribution in [0.25, 0.3) is 22.2 Å². The Bertz CT molecular complexity index is 1740. The molecule has 1 aliphatic carbocycles. The highest BCUT2D eigenvalue weighted by Gasteiger charge is 2.27. The number of fused-ring (bicyclic) bond motifs is 1. The normalized spacial score (nSPS) is 19.5. The maximum Gasteiger partial charge on any atom is 0.260 e. The van der Waals surface area contributed by atoms with E-state index in [4.69, 9.17) is 28.2 Å². The van der Waals surface area contributed by atoms with E-state index in [1.165, 1.54) is 11.3 Å². The number of likely N-dealkylation sites (N-methyl/N-ethyl adjacent to an activating group) is 1. The Morgan fingerprint density at radius 3 is 2.50 bits per heavy atom. The number of nitrogens with zero attached hydrogens (tertiary/aromatic N) is 5. The lowest BCUT2D eigenvalue weighted by molar-refractivity contribution is 0.251. The highest BCUT2D eigenvalue weighted by molar-refractivity contribution is 6.39. The third-order valence-electron chi connectivity index (χ3n) is 9.30. The number of benzene rings is 2. The van der Waals surface area contributed by atoms with Crippen LogP contribution in [0, 0.1) is 12.8 Å². The Morgan fingerprint density at radius 1 is 1.02 bits per heavy atom. The molecule has 2 N–H and O–H groups in total. The highest BCUT2D eigenvalue weighted by Crippen LogP contribution is 2.39. The summed E-state index contributed by atoms with van der Waals surface area (Å²) in [5.74, 6) is 1.30. The van der Waals surface area contributed by atoms with E-state index in [0.29, 0.717) is 51.1 Å². The van der Waals surface area contributed by atoms with Crippen LogP contribution in [-0.2, 0) is 6.54 Å². The van der Waals surface area contributed by atoms with Crippen LogP contribution in [0.1, 0.15) is 42.7 Å². The van der Waals surface area contributed by atoms with Crippen LogP contribution in [0.4, 0.5) is 17.3 Å². The van der Waals surface area contributed by atoms with Gasteiger partial charge in [0.15, 0.2) is 0 Å². The third-order valence-corrected chi connectivity index (χ3v) is 9.90. The number of hydrogen-bond acceptors (Lipinski definition) is 7. The Labute approximate surface area is 268 Å². The number of halogens is 2. The minimum absolute atomic E-state index is 0.126. The summed E-state index contributed by atoms with van der Waals surface area (Å²) < 4.78 is 1.80. The largest absolute Gasteiger partial charge is 0.369 e. The van der Waals surface area contributed by atoms with E-state index in [9.17, 15) is 4.79 Å². The smallest absolute Gasteiger partial charge is 0.260 e. The lowest BCUT2D eigenvalue weighted by Gasteiger charge is -2.30. The molecule has 1 atom stereocenters. The molecule has 8 nitrogen and oxygen atoms in total. The molecule has 1 saturated carbocycles. The summed E-state index contributed by atoms with van der Waals surface area (Å²) in [6, 6.07) is 12.2. The monoisotopic (exact) mass is 631 g/mol.